The Morgan fingerprint density at radius 3 is 2.69 bits per heavy atom. The predicted octanol–water partition coefficient (Wildman–Crippen LogP) is 4.53. The van der Waals surface area contributed by atoms with E-state index in [1.54, 1.807) is 30.5 Å². The number of ether oxygens (including phenoxy) is 1. The molecule has 4 aromatic rings. The number of nitroso groups, excluding NO2 is 1. The molecule has 3 aromatic heterocycles. The van der Waals surface area contributed by atoms with Crippen LogP contribution in [0.1, 0.15) is 27.9 Å². The molecule has 1 aromatic carbocycles. The molecule has 10 heteroatoms. The second-order valence-corrected chi connectivity index (χ2v) is 7.62. The summed E-state index contributed by atoms with van der Waals surface area (Å²) in [5.74, 6) is 0.585. The lowest BCUT2D eigenvalue weighted by atomic mass is 9.99. The molecule has 0 saturated heterocycles. The SMILES string of the molecule is Cc1cc(C#N)cc(C)c1CN(N=O)c1cc(OCc2cn3cc(Cl)ccc3n2)ncn1. The zero-order chi connectivity index (χ0) is 22.7. The van der Waals surface area contributed by atoms with E-state index in [1.165, 1.54) is 11.3 Å². The number of hydrogen-bond donors (Lipinski definition) is 0. The third-order valence-corrected chi connectivity index (χ3v) is 5.18. The van der Waals surface area contributed by atoms with E-state index in [0.29, 0.717) is 22.1 Å². The minimum absolute atomic E-state index is 0.179. The second-order valence-electron chi connectivity index (χ2n) is 7.19. The molecular weight excluding hydrogens is 430 g/mol. The van der Waals surface area contributed by atoms with Gasteiger partial charge in [0.15, 0.2) is 5.82 Å². The molecule has 0 aliphatic rings. The van der Waals surface area contributed by atoms with Gasteiger partial charge in [-0.1, -0.05) is 11.6 Å². The van der Waals surface area contributed by atoms with Crippen LogP contribution in [0.25, 0.3) is 5.65 Å². The topological polar surface area (TPSA) is 109 Å². The van der Waals surface area contributed by atoms with Crippen LogP contribution >= 0.6 is 11.6 Å². The highest BCUT2D eigenvalue weighted by Crippen LogP contribution is 2.23. The number of nitriles is 1. The van der Waals surface area contributed by atoms with Crippen molar-refractivity contribution >= 4 is 23.1 Å². The Labute approximate surface area is 188 Å². The third-order valence-electron chi connectivity index (χ3n) is 4.96. The average molecular weight is 448 g/mol. The second kappa shape index (κ2) is 8.99. The summed E-state index contributed by atoms with van der Waals surface area (Å²) in [7, 11) is 0. The van der Waals surface area contributed by atoms with Crippen LogP contribution in [0.3, 0.4) is 0 Å². The maximum Gasteiger partial charge on any atom is 0.218 e. The van der Waals surface area contributed by atoms with E-state index in [4.69, 9.17) is 21.6 Å². The maximum atomic E-state index is 11.6. The summed E-state index contributed by atoms with van der Waals surface area (Å²) >= 11 is 6.00. The highest BCUT2D eigenvalue weighted by molar-refractivity contribution is 6.30. The summed E-state index contributed by atoms with van der Waals surface area (Å²) in [5.41, 5.74) is 4.71. The van der Waals surface area contributed by atoms with Crippen molar-refractivity contribution in [3.63, 3.8) is 0 Å². The lowest BCUT2D eigenvalue weighted by Gasteiger charge is -2.18. The fourth-order valence-electron chi connectivity index (χ4n) is 3.39. The van der Waals surface area contributed by atoms with Gasteiger partial charge in [-0.25, -0.2) is 20.0 Å². The molecule has 32 heavy (non-hydrogen) atoms. The molecule has 4 rings (SSSR count). The van der Waals surface area contributed by atoms with Crippen molar-refractivity contribution in [2.24, 2.45) is 5.29 Å². The van der Waals surface area contributed by atoms with Crippen LogP contribution < -0.4 is 9.75 Å². The van der Waals surface area contributed by atoms with Gasteiger partial charge in [-0.3, -0.25) is 0 Å². The molecule has 0 aliphatic heterocycles. The smallest absolute Gasteiger partial charge is 0.218 e. The number of hydrogen-bond acceptors (Lipinski definition) is 7. The number of fused-ring (bicyclic) bond motifs is 1. The minimum atomic E-state index is 0.179. The first-order chi connectivity index (χ1) is 15.5. The molecule has 0 N–H and O–H groups in total. The van der Waals surface area contributed by atoms with Gasteiger partial charge >= 0.3 is 0 Å². The summed E-state index contributed by atoms with van der Waals surface area (Å²) < 4.78 is 7.56. The van der Waals surface area contributed by atoms with E-state index in [2.05, 4.69) is 26.3 Å². The monoisotopic (exact) mass is 447 g/mol. The highest BCUT2D eigenvalue weighted by atomic mass is 35.5. The quantitative estimate of drug-likeness (QED) is 0.302. The first kappa shape index (κ1) is 21.2. The van der Waals surface area contributed by atoms with Gasteiger partial charge in [0.1, 0.15) is 18.6 Å². The van der Waals surface area contributed by atoms with Crippen LogP contribution in [0.5, 0.6) is 5.88 Å². The Hall–Kier alpha value is -4.03. The van der Waals surface area contributed by atoms with Crippen LogP contribution in [0.15, 0.2) is 54.3 Å². The van der Waals surface area contributed by atoms with E-state index >= 15 is 0 Å². The summed E-state index contributed by atoms with van der Waals surface area (Å²) in [5, 5.41) is 14.1. The van der Waals surface area contributed by atoms with Crippen LogP contribution in [0.4, 0.5) is 5.82 Å². The molecular formula is C22H18ClN7O2. The van der Waals surface area contributed by atoms with Crippen molar-refractivity contribution in [3.05, 3.63) is 86.9 Å². The van der Waals surface area contributed by atoms with Gasteiger partial charge in [0.2, 0.25) is 5.88 Å². The molecule has 0 atom stereocenters. The van der Waals surface area contributed by atoms with Gasteiger partial charge in [-0.15, -0.1) is 4.91 Å². The molecule has 9 nitrogen and oxygen atoms in total. The molecule has 160 valence electrons. The molecule has 0 fully saturated rings. The fourth-order valence-corrected chi connectivity index (χ4v) is 3.56. The number of aryl methyl sites for hydroxylation is 2. The zero-order valence-corrected chi connectivity index (χ0v) is 18.1. The van der Waals surface area contributed by atoms with Gasteiger partial charge in [-0.2, -0.15) is 5.26 Å². The molecule has 0 saturated carbocycles. The van der Waals surface area contributed by atoms with Crippen molar-refractivity contribution < 1.29 is 4.74 Å². The fraction of sp³-hybridized carbons (Fsp3) is 0.182. The van der Waals surface area contributed by atoms with Crippen LogP contribution in [0.2, 0.25) is 5.02 Å². The van der Waals surface area contributed by atoms with Crippen molar-refractivity contribution in [3.8, 4) is 11.9 Å². The van der Waals surface area contributed by atoms with Crippen molar-refractivity contribution in [2.45, 2.75) is 27.0 Å². The Morgan fingerprint density at radius 1 is 1.19 bits per heavy atom. The Morgan fingerprint density at radius 2 is 1.97 bits per heavy atom. The van der Waals surface area contributed by atoms with Crippen LogP contribution in [0, 0.1) is 30.1 Å². The van der Waals surface area contributed by atoms with Crippen molar-refractivity contribution in [1.82, 2.24) is 19.4 Å². The Balaban J connectivity index is 1.51. The number of rotatable bonds is 7. The first-order valence-electron chi connectivity index (χ1n) is 9.66. The van der Waals surface area contributed by atoms with Gasteiger partial charge in [0, 0.05) is 18.5 Å². The van der Waals surface area contributed by atoms with Crippen molar-refractivity contribution in [1.29, 1.82) is 5.26 Å². The Kier molecular flexibility index (Phi) is 5.96. The molecule has 0 aliphatic carbocycles. The number of pyridine rings is 1. The molecule has 0 amide bonds. The highest BCUT2D eigenvalue weighted by Gasteiger charge is 2.15. The Bertz CT molecular complexity index is 1320. The molecule has 3 heterocycles. The number of imidazole rings is 1. The molecule has 0 radical (unpaired) electrons. The number of anilines is 1. The normalized spacial score (nSPS) is 10.7. The number of nitrogens with zero attached hydrogens (tertiary/aromatic N) is 7. The largest absolute Gasteiger partial charge is 0.471 e. The number of aromatic nitrogens is 4. The molecule has 0 bridgehead atoms. The van der Waals surface area contributed by atoms with Crippen LogP contribution in [-0.2, 0) is 13.2 Å². The summed E-state index contributed by atoms with van der Waals surface area (Å²) in [6.07, 6.45) is 4.89. The number of halogens is 1. The van der Waals surface area contributed by atoms with Gasteiger partial charge in [0.25, 0.3) is 0 Å². The third kappa shape index (κ3) is 4.50. The van der Waals surface area contributed by atoms with E-state index in [0.717, 1.165) is 22.3 Å². The molecule has 0 unspecified atom stereocenters. The summed E-state index contributed by atoms with van der Waals surface area (Å²) in [6, 6.07) is 10.8. The predicted molar refractivity (Wildman–Crippen MR) is 119 cm³/mol. The van der Waals surface area contributed by atoms with Gasteiger partial charge in [0.05, 0.1) is 34.2 Å². The van der Waals surface area contributed by atoms with Gasteiger partial charge < -0.3 is 9.14 Å². The van der Waals surface area contributed by atoms with E-state index < -0.39 is 0 Å². The van der Waals surface area contributed by atoms with Gasteiger partial charge in [-0.05, 0) is 54.8 Å². The molecule has 0 spiro atoms. The van der Waals surface area contributed by atoms with E-state index in [1.807, 2.05) is 30.5 Å². The number of benzene rings is 1. The standard InChI is InChI=1S/C22H18ClN7O2/c1-14-5-16(8-24)6-15(2)19(14)11-30(28-31)21-7-22(26-13-25-21)32-12-18-10-29-9-17(23)3-4-20(29)27-18/h3-7,9-10,13H,11-12H2,1-2H3. The van der Waals surface area contributed by atoms with E-state index in [-0.39, 0.29) is 19.0 Å². The first-order valence-corrected chi connectivity index (χ1v) is 10.0. The average Bonchev–Trinajstić information content (AvgIpc) is 3.19. The van der Waals surface area contributed by atoms with Crippen molar-refractivity contribution in [2.75, 3.05) is 5.01 Å². The zero-order valence-electron chi connectivity index (χ0n) is 17.4. The minimum Gasteiger partial charge on any atom is -0.471 e. The lowest BCUT2D eigenvalue weighted by molar-refractivity contribution is 0.289. The maximum absolute atomic E-state index is 11.6. The summed E-state index contributed by atoms with van der Waals surface area (Å²) in [4.78, 5) is 24.3. The van der Waals surface area contributed by atoms with Crippen LogP contribution in [-0.4, -0.2) is 19.4 Å². The van der Waals surface area contributed by atoms with E-state index in [9.17, 15) is 4.91 Å². The summed E-state index contributed by atoms with van der Waals surface area (Å²) in [6.45, 7) is 4.17. The lowest BCUT2D eigenvalue weighted by Crippen LogP contribution is -2.18.